The third-order valence-electron chi connectivity index (χ3n) is 2.06. The van der Waals surface area contributed by atoms with E-state index in [1.54, 1.807) is 0 Å². The van der Waals surface area contributed by atoms with Crippen molar-refractivity contribution in [3.8, 4) is 0 Å². The first-order valence-corrected chi connectivity index (χ1v) is 4.65. The molecule has 0 unspecified atom stereocenters. The van der Waals surface area contributed by atoms with E-state index in [4.69, 9.17) is 0 Å². The molecule has 1 aliphatic carbocycles. The Labute approximate surface area is 75.1 Å². The van der Waals surface area contributed by atoms with E-state index in [0.717, 1.165) is 6.54 Å². The van der Waals surface area contributed by atoms with Crippen molar-refractivity contribution in [2.75, 3.05) is 13.6 Å². The summed E-state index contributed by atoms with van der Waals surface area (Å²) >= 11 is 0. The molecule has 0 atom stereocenters. The summed E-state index contributed by atoms with van der Waals surface area (Å²) < 4.78 is 1.99. The predicted molar refractivity (Wildman–Crippen MR) is 53.9 cm³/mol. The third-order valence-corrected chi connectivity index (χ3v) is 2.06. The zero-order chi connectivity index (χ0) is 8.81. The summed E-state index contributed by atoms with van der Waals surface area (Å²) in [5.74, 6) is 0. The summed E-state index contributed by atoms with van der Waals surface area (Å²) in [6, 6.07) is 0. The van der Waals surface area contributed by atoms with E-state index in [-0.39, 0.29) is 0 Å². The number of likely N-dealkylation sites (N-methyl/N-ethyl adjacent to an activating group) is 1. The maximum absolute atomic E-state index is 3.86. The fourth-order valence-corrected chi connectivity index (χ4v) is 1.48. The zero-order valence-electron chi connectivity index (χ0n) is 7.92. The lowest BCUT2D eigenvalue weighted by atomic mass is 10.0. The van der Waals surface area contributed by atoms with Gasteiger partial charge in [0, 0.05) is 0 Å². The molecule has 0 N–H and O–H groups in total. The van der Waals surface area contributed by atoms with Gasteiger partial charge in [-0.1, -0.05) is 18.2 Å². The normalized spacial score (nSPS) is 17.9. The minimum Gasteiger partial charge on any atom is -0.241 e. The van der Waals surface area contributed by atoms with Gasteiger partial charge in [0.1, 0.15) is 13.8 Å². The molecule has 0 bridgehead atoms. The van der Waals surface area contributed by atoms with Gasteiger partial charge in [0.25, 0.3) is 0 Å². The molecule has 0 spiro atoms. The maximum Gasteiger partial charge on any atom is 0.163 e. The quantitative estimate of drug-likeness (QED) is 0.435. The van der Waals surface area contributed by atoms with Crippen LogP contribution in [0, 0.1) is 0 Å². The molecular formula is C11H18N+. The Morgan fingerprint density at radius 2 is 2.33 bits per heavy atom. The maximum atomic E-state index is 3.86. The standard InChI is InChI=1S/C11H18N/c1-12(2)10-11-8-6-4-3-5-7-9-11/h4,6,8H,1,3,5,7,9-10H2,2H3/q+1. The molecule has 12 heavy (non-hydrogen) atoms. The summed E-state index contributed by atoms with van der Waals surface area (Å²) in [5, 5.41) is 0. The van der Waals surface area contributed by atoms with Crippen LogP contribution in [-0.2, 0) is 0 Å². The lowest BCUT2D eigenvalue weighted by Crippen LogP contribution is -2.07. The predicted octanol–water partition coefficient (Wildman–Crippen LogP) is 2.39. The minimum atomic E-state index is 1.00. The first-order chi connectivity index (χ1) is 5.79. The second-order valence-corrected chi connectivity index (χ2v) is 3.51. The molecule has 0 aromatic carbocycles. The Morgan fingerprint density at radius 3 is 3.08 bits per heavy atom. The van der Waals surface area contributed by atoms with Gasteiger partial charge in [0.15, 0.2) is 6.54 Å². The van der Waals surface area contributed by atoms with Crippen molar-refractivity contribution in [3.05, 3.63) is 23.8 Å². The molecule has 1 heteroatoms. The number of nitrogens with zero attached hydrogens (tertiary/aromatic N) is 1. The monoisotopic (exact) mass is 164 g/mol. The van der Waals surface area contributed by atoms with Crippen LogP contribution in [0.2, 0.25) is 0 Å². The van der Waals surface area contributed by atoms with Gasteiger partial charge in [-0.15, -0.1) is 0 Å². The van der Waals surface area contributed by atoms with Gasteiger partial charge in [0.2, 0.25) is 0 Å². The average molecular weight is 164 g/mol. The molecular weight excluding hydrogens is 146 g/mol. The highest BCUT2D eigenvalue weighted by Crippen LogP contribution is 2.12. The molecule has 0 saturated heterocycles. The van der Waals surface area contributed by atoms with Gasteiger partial charge in [-0.2, -0.15) is 0 Å². The summed E-state index contributed by atoms with van der Waals surface area (Å²) in [6.45, 7) is 4.86. The topological polar surface area (TPSA) is 3.01 Å². The van der Waals surface area contributed by atoms with Crippen molar-refractivity contribution >= 4 is 6.72 Å². The van der Waals surface area contributed by atoms with E-state index in [2.05, 4.69) is 24.9 Å². The zero-order valence-corrected chi connectivity index (χ0v) is 7.92. The van der Waals surface area contributed by atoms with Crippen LogP contribution in [0.5, 0.6) is 0 Å². The molecule has 0 saturated carbocycles. The first-order valence-electron chi connectivity index (χ1n) is 4.65. The lowest BCUT2D eigenvalue weighted by molar-refractivity contribution is -0.479. The second-order valence-electron chi connectivity index (χ2n) is 3.51. The van der Waals surface area contributed by atoms with Crippen LogP contribution in [0.25, 0.3) is 0 Å². The summed E-state index contributed by atoms with van der Waals surface area (Å²) in [6.07, 6.45) is 11.8. The molecule has 1 nitrogen and oxygen atoms in total. The van der Waals surface area contributed by atoms with Crippen molar-refractivity contribution in [2.24, 2.45) is 0 Å². The summed E-state index contributed by atoms with van der Waals surface area (Å²) in [7, 11) is 2.02. The van der Waals surface area contributed by atoms with E-state index in [1.807, 2.05) is 11.6 Å². The van der Waals surface area contributed by atoms with Crippen LogP contribution in [-0.4, -0.2) is 24.9 Å². The molecule has 66 valence electrons. The van der Waals surface area contributed by atoms with E-state index in [0.29, 0.717) is 0 Å². The molecule has 0 aromatic rings. The van der Waals surface area contributed by atoms with Gasteiger partial charge in [0.05, 0.1) is 0 Å². The van der Waals surface area contributed by atoms with Gasteiger partial charge in [-0.05, 0) is 31.3 Å². The van der Waals surface area contributed by atoms with Crippen molar-refractivity contribution in [1.82, 2.24) is 0 Å². The molecule has 0 aromatic heterocycles. The molecule has 1 aliphatic rings. The van der Waals surface area contributed by atoms with Crippen LogP contribution in [0.4, 0.5) is 0 Å². The van der Waals surface area contributed by atoms with Crippen LogP contribution >= 0.6 is 0 Å². The minimum absolute atomic E-state index is 1.00. The molecule has 1 rings (SSSR count). The van der Waals surface area contributed by atoms with E-state index < -0.39 is 0 Å². The van der Waals surface area contributed by atoms with Crippen molar-refractivity contribution in [3.63, 3.8) is 0 Å². The summed E-state index contributed by atoms with van der Waals surface area (Å²) in [5.41, 5.74) is 1.50. The smallest absolute Gasteiger partial charge is 0.163 e. The highest BCUT2D eigenvalue weighted by atomic mass is 14.9. The molecule has 0 aliphatic heterocycles. The lowest BCUT2D eigenvalue weighted by Gasteiger charge is -2.05. The van der Waals surface area contributed by atoms with E-state index in [9.17, 15) is 0 Å². The van der Waals surface area contributed by atoms with Crippen molar-refractivity contribution in [2.45, 2.75) is 25.7 Å². The fraction of sp³-hybridized carbons (Fsp3) is 0.545. The Kier molecular flexibility index (Phi) is 3.78. The molecule has 0 heterocycles. The van der Waals surface area contributed by atoms with Crippen molar-refractivity contribution in [1.29, 1.82) is 0 Å². The van der Waals surface area contributed by atoms with E-state index >= 15 is 0 Å². The van der Waals surface area contributed by atoms with Gasteiger partial charge >= 0.3 is 0 Å². The Bertz CT molecular complexity index is 211. The van der Waals surface area contributed by atoms with Crippen LogP contribution in [0.1, 0.15) is 25.7 Å². The van der Waals surface area contributed by atoms with Gasteiger partial charge < -0.3 is 0 Å². The van der Waals surface area contributed by atoms with Gasteiger partial charge in [-0.3, -0.25) is 0 Å². The van der Waals surface area contributed by atoms with Crippen LogP contribution in [0.15, 0.2) is 23.8 Å². The Hall–Kier alpha value is -0.850. The SMILES string of the molecule is C=[N+](C)CC1=CC=CCCCC1. The number of allylic oxidation sites excluding steroid dienone is 3. The van der Waals surface area contributed by atoms with Gasteiger partial charge in [-0.25, -0.2) is 4.58 Å². The Morgan fingerprint density at radius 1 is 1.50 bits per heavy atom. The van der Waals surface area contributed by atoms with Crippen LogP contribution in [0.3, 0.4) is 0 Å². The second kappa shape index (κ2) is 4.91. The molecule has 0 radical (unpaired) electrons. The molecule has 0 fully saturated rings. The van der Waals surface area contributed by atoms with Crippen molar-refractivity contribution < 1.29 is 4.58 Å². The fourth-order valence-electron chi connectivity index (χ4n) is 1.48. The Balaban J connectivity index is 2.52. The summed E-state index contributed by atoms with van der Waals surface area (Å²) in [4.78, 5) is 0. The largest absolute Gasteiger partial charge is 0.241 e. The van der Waals surface area contributed by atoms with E-state index in [1.165, 1.54) is 31.3 Å². The number of hydrogen-bond donors (Lipinski definition) is 0. The molecule has 0 amide bonds. The first kappa shape index (κ1) is 9.24. The third kappa shape index (κ3) is 3.51. The highest BCUT2D eigenvalue weighted by Gasteiger charge is 2.02. The van der Waals surface area contributed by atoms with Crippen LogP contribution < -0.4 is 0 Å². The highest BCUT2D eigenvalue weighted by molar-refractivity contribution is 5.17. The average Bonchev–Trinajstić information content (AvgIpc) is 1.93. The number of hydrogen-bond acceptors (Lipinski definition) is 0. The number of rotatable bonds is 2.